The predicted molar refractivity (Wildman–Crippen MR) is 149 cm³/mol. The van der Waals surface area contributed by atoms with Crippen molar-refractivity contribution in [2.45, 2.75) is 28.9 Å². The molecule has 3 atom stereocenters. The molecule has 0 unspecified atom stereocenters. The van der Waals surface area contributed by atoms with E-state index in [2.05, 4.69) is 5.32 Å². The third kappa shape index (κ3) is 5.25. The lowest BCUT2D eigenvalue weighted by Gasteiger charge is -2.30. The van der Waals surface area contributed by atoms with Crippen LogP contribution < -0.4 is 15.1 Å². The number of anilines is 2. The number of amides is 3. The molecule has 1 N–H and O–H groups in total. The van der Waals surface area contributed by atoms with Crippen molar-refractivity contribution in [2.24, 2.45) is 5.92 Å². The number of carbonyl (C=O) groups excluding carboxylic acids is 3. The monoisotopic (exact) mass is 631 g/mol. The van der Waals surface area contributed by atoms with Gasteiger partial charge in [0, 0.05) is 16.5 Å². The number of hydrogen-bond acceptors (Lipinski definition) is 6. The highest BCUT2D eigenvalue weighted by atomic mass is 32.2. The van der Waals surface area contributed by atoms with Crippen LogP contribution in [0.5, 0.6) is 0 Å². The lowest BCUT2D eigenvalue weighted by molar-refractivity contribution is -0.137. The Labute approximate surface area is 247 Å². The van der Waals surface area contributed by atoms with Crippen molar-refractivity contribution in [2.75, 3.05) is 10.2 Å². The molecule has 43 heavy (non-hydrogen) atoms. The van der Waals surface area contributed by atoms with Crippen LogP contribution in [-0.2, 0) is 27.1 Å². The van der Waals surface area contributed by atoms with Gasteiger partial charge in [0.15, 0.2) is 0 Å². The van der Waals surface area contributed by atoms with Crippen molar-refractivity contribution in [3.8, 4) is 0 Å². The molecule has 0 aliphatic carbocycles. The quantitative estimate of drug-likeness (QED) is 0.228. The van der Waals surface area contributed by atoms with E-state index in [1.807, 2.05) is 0 Å². The molecule has 0 bridgehead atoms. The molecule has 2 aliphatic heterocycles. The van der Waals surface area contributed by atoms with Gasteiger partial charge in [-0.3, -0.25) is 23.7 Å². The Balaban J connectivity index is 1.37. The minimum Gasteiger partial charge on any atom is -0.325 e. The molecule has 2 aliphatic rings. The van der Waals surface area contributed by atoms with Crippen LogP contribution in [0.1, 0.15) is 21.9 Å². The largest absolute Gasteiger partial charge is 0.416 e. The van der Waals surface area contributed by atoms with E-state index in [1.165, 1.54) is 42.5 Å². The van der Waals surface area contributed by atoms with E-state index in [4.69, 9.17) is 0 Å². The summed E-state index contributed by atoms with van der Waals surface area (Å²) < 4.78 is 67.9. The standard InChI is InChI=1S/C29H18F5N3O4S2/c30-16-6-4-14(5-7-16)21-22-23(26(40)37(25(22)39)19-10-8-17(31)9-11-19)42-27-24(21)43-28(41)36(27)13-20(38)35-18-3-1-2-15(12-18)29(32,33)34/h1-12,21-23H,13H2,(H,35,38)/t21-,22-,23+/m0/s1. The molecule has 1 aromatic heterocycles. The van der Waals surface area contributed by atoms with Gasteiger partial charge in [-0.2, -0.15) is 13.2 Å². The number of benzene rings is 3. The average molecular weight is 632 g/mol. The summed E-state index contributed by atoms with van der Waals surface area (Å²) in [7, 11) is 0. The second kappa shape index (κ2) is 10.8. The Morgan fingerprint density at radius 1 is 0.884 bits per heavy atom. The Hall–Kier alpha value is -4.30. The van der Waals surface area contributed by atoms with Gasteiger partial charge in [0.25, 0.3) is 0 Å². The summed E-state index contributed by atoms with van der Waals surface area (Å²) in [5, 5.41) is 1.57. The first-order chi connectivity index (χ1) is 20.4. The van der Waals surface area contributed by atoms with E-state index in [9.17, 15) is 41.1 Å². The van der Waals surface area contributed by atoms with E-state index in [1.54, 1.807) is 0 Å². The molecule has 1 fully saturated rings. The van der Waals surface area contributed by atoms with Crippen molar-refractivity contribution in [1.29, 1.82) is 0 Å². The zero-order valence-corrected chi connectivity index (χ0v) is 23.2. The summed E-state index contributed by atoms with van der Waals surface area (Å²) in [6.07, 6.45) is -4.63. The number of rotatable bonds is 5. The molecule has 0 saturated carbocycles. The van der Waals surface area contributed by atoms with Crippen LogP contribution in [0.4, 0.5) is 33.3 Å². The molecule has 14 heteroatoms. The smallest absolute Gasteiger partial charge is 0.325 e. The van der Waals surface area contributed by atoms with Crippen LogP contribution in [0.2, 0.25) is 0 Å². The molecule has 7 nitrogen and oxygen atoms in total. The number of alkyl halides is 3. The van der Waals surface area contributed by atoms with E-state index in [0.29, 0.717) is 10.4 Å². The number of thiazole rings is 1. The summed E-state index contributed by atoms with van der Waals surface area (Å²) in [5.74, 6) is -4.92. The number of nitrogens with zero attached hydrogens (tertiary/aromatic N) is 2. The van der Waals surface area contributed by atoms with Gasteiger partial charge >= 0.3 is 11.0 Å². The second-order valence-corrected chi connectivity index (χ2v) is 12.0. The molecule has 220 valence electrons. The number of fused-ring (bicyclic) bond motifs is 2. The van der Waals surface area contributed by atoms with Gasteiger partial charge in [0.05, 0.1) is 22.2 Å². The SMILES string of the molecule is O=C(Cn1c2c(sc1=O)[C@@H](c1ccc(F)cc1)[C@@H]1C(=O)N(c3ccc(F)cc3)C(=O)[C@@H]1S2)Nc1cccc(C(F)(F)F)c1. The van der Waals surface area contributed by atoms with Crippen LogP contribution in [0.25, 0.3) is 0 Å². The van der Waals surface area contributed by atoms with Crippen LogP contribution in [-0.4, -0.2) is 27.5 Å². The maximum atomic E-state index is 13.8. The van der Waals surface area contributed by atoms with Crippen LogP contribution in [0, 0.1) is 17.6 Å². The van der Waals surface area contributed by atoms with Crippen LogP contribution in [0.15, 0.2) is 82.6 Å². The topological polar surface area (TPSA) is 88.5 Å². The number of halogens is 5. The van der Waals surface area contributed by atoms with E-state index >= 15 is 0 Å². The molecule has 6 rings (SSSR count). The Morgan fingerprint density at radius 2 is 1.53 bits per heavy atom. The molecular weight excluding hydrogens is 613 g/mol. The van der Waals surface area contributed by atoms with Crippen LogP contribution >= 0.6 is 23.1 Å². The summed E-state index contributed by atoms with van der Waals surface area (Å²) in [6, 6.07) is 14.1. The van der Waals surface area contributed by atoms with Gasteiger partial charge in [0.1, 0.15) is 23.4 Å². The second-order valence-electron chi connectivity index (χ2n) is 9.83. The molecule has 0 spiro atoms. The summed E-state index contributed by atoms with van der Waals surface area (Å²) in [4.78, 5) is 54.3. The highest BCUT2D eigenvalue weighted by Gasteiger charge is 2.56. The van der Waals surface area contributed by atoms with Gasteiger partial charge in [-0.05, 0) is 60.2 Å². The van der Waals surface area contributed by atoms with E-state index in [-0.39, 0.29) is 16.4 Å². The molecule has 0 radical (unpaired) electrons. The van der Waals surface area contributed by atoms with Gasteiger partial charge in [-0.15, -0.1) is 0 Å². The third-order valence-corrected chi connectivity index (χ3v) is 9.74. The Kier molecular flexibility index (Phi) is 7.21. The van der Waals surface area contributed by atoms with Crippen molar-refractivity contribution < 1.29 is 36.3 Å². The summed E-state index contributed by atoms with van der Waals surface area (Å²) in [5.41, 5.74) is -0.470. The molecular formula is C29H18F5N3O4S2. The number of imide groups is 1. The first-order valence-electron chi connectivity index (χ1n) is 12.7. The zero-order chi connectivity index (χ0) is 30.6. The maximum absolute atomic E-state index is 13.8. The summed E-state index contributed by atoms with van der Waals surface area (Å²) in [6.45, 7) is -0.578. The van der Waals surface area contributed by atoms with Crippen molar-refractivity contribution in [3.05, 3.63) is 110 Å². The average Bonchev–Trinajstić information content (AvgIpc) is 3.40. The number of aromatic nitrogens is 1. The van der Waals surface area contributed by atoms with Crippen molar-refractivity contribution >= 4 is 52.2 Å². The first-order valence-corrected chi connectivity index (χ1v) is 14.4. The number of hydrogen-bond donors (Lipinski definition) is 1. The fourth-order valence-electron chi connectivity index (χ4n) is 5.25. The zero-order valence-electron chi connectivity index (χ0n) is 21.6. The molecule has 3 amide bonds. The number of thioether (sulfide) groups is 1. The minimum absolute atomic E-state index is 0.125. The maximum Gasteiger partial charge on any atom is 0.416 e. The van der Waals surface area contributed by atoms with Gasteiger partial charge in [-0.25, -0.2) is 13.7 Å². The molecule has 4 aromatic rings. The molecule has 3 aromatic carbocycles. The lowest BCUT2D eigenvalue weighted by Crippen LogP contribution is -2.33. The highest BCUT2D eigenvalue weighted by molar-refractivity contribution is 8.00. The normalized spacial score (nSPS) is 19.7. The Morgan fingerprint density at radius 3 is 2.19 bits per heavy atom. The molecule has 1 saturated heterocycles. The lowest BCUT2D eigenvalue weighted by atomic mass is 9.83. The predicted octanol–water partition coefficient (Wildman–Crippen LogP) is 5.64. The Bertz CT molecular complexity index is 1820. The van der Waals surface area contributed by atoms with E-state index in [0.717, 1.165) is 62.9 Å². The fraction of sp³-hybridized carbons (Fsp3) is 0.172. The van der Waals surface area contributed by atoms with Crippen molar-refractivity contribution in [3.63, 3.8) is 0 Å². The van der Waals surface area contributed by atoms with E-state index < -0.39 is 69.6 Å². The number of nitrogens with one attached hydrogen (secondary N) is 1. The minimum atomic E-state index is -4.63. The van der Waals surface area contributed by atoms with Gasteiger partial charge in [0.2, 0.25) is 17.7 Å². The highest BCUT2D eigenvalue weighted by Crippen LogP contribution is 2.53. The third-order valence-electron chi connectivity index (χ3n) is 7.14. The fourth-order valence-corrected chi connectivity index (χ4v) is 8.02. The van der Waals surface area contributed by atoms with Gasteiger partial charge < -0.3 is 5.32 Å². The van der Waals surface area contributed by atoms with Crippen molar-refractivity contribution in [1.82, 2.24) is 4.57 Å². The van der Waals surface area contributed by atoms with Gasteiger partial charge in [-0.1, -0.05) is 41.3 Å². The summed E-state index contributed by atoms with van der Waals surface area (Å²) >= 11 is 1.69. The van der Waals surface area contributed by atoms with Crippen LogP contribution in [0.3, 0.4) is 0 Å². The number of carbonyl (C=O) groups is 3. The first kappa shape index (κ1) is 28.8. The molecule has 3 heterocycles.